The van der Waals surface area contributed by atoms with E-state index >= 15 is 0 Å². The molecule has 1 heterocycles. The quantitative estimate of drug-likeness (QED) is 0.813. The van der Waals surface area contributed by atoms with Gasteiger partial charge in [0.05, 0.1) is 43.5 Å². The fourth-order valence-corrected chi connectivity index (χ4v) is 3.53. The van der Waals surface area contributed by atoms with Crippen LogP contribution in [0, 0.1) is 5.82 Å². The van der Waals surface area contributed by atoms with E-state index < -0.39 is 19.9 Å². The van der Waals surface area contributed by atoms with Gasteiger partial charge in [-0.1, -0.05) is 30.9 Å². The molecule has 1 aromatic heterocycles. The number of halogens is 1. The molecule has 0 unspecified atom stereocenters. The molecule has 0 aliphatic carbocycles. The molecule has 0 fully saturated rings. The molecule has 2 rings (SSSR count). The first kappa shape index (κ1) is 18.1. The van der Waals surface area contributed by atoms with Crippen LogP contribution < -0.4 is 10.1 Å². The van der Waals surface area contributed by atoms with E-state index in [9.17, 15) is 14.3 Å². The van der Waals surface area contributed by atoms with Crippen LogP contribution in [0.15, 0.2) is 30.5 Å². The average molecular weight is 348 g/mol. The zero-order chi connectivity index (χ0) is 18.1. The van der Waals surface area contributed by atoms with Crippen LogP contribution in [0.25, 0.3) is 0 Å². The standard InChI is InChI=1S/C17H21FN2O3Si/c1-20(15-6-5-12(8-14(15)18)24(2,3)4)16-9-19-11(10-21)7-13(16)17(22)23/h5-9,21H,10H2,1-4H3,(H,22,23). The van der Waals surface area contributed by atoms with Crippen molar-refractivity contribution in [3.8, 4) is 0 Å². The number of rotatable bonds is 5. The highest BCUT2D eigenvalue weighted by molar-refractivity contribution is 6.88. The van der Waals surface area contributed by atoms with Gasteiger partial charge < -0.3 is 15.1 Å². The van der Waals surface area contributed by atoms with E-state index in [4.69, 9.17) is 5.11 Å². The summed E-state index contributed by atoms with van der Waals surface area (Å²) in [5.41, 5.74) is 0.752. The highest BCUT2D eigenvalue weighted by Gasteiger charge is 2.21. The predicted molar refractivity (Wildman–Crippen MR) is 94.6 cm³/mol. The van der Waals surface area contributed by atoms with Gasteiger partial charge in [0.25, 0.3) is 0 Å². The number of aromatic nitrogens is 1. The molecular weight excluding hydrogens is 327 g/mol. The number of hydrogen-bond donors (Lipinski definition) is 2. The van der Waals surface area contributed by atoms with Crippen LogP contribution in [0.5, 0.6) is 0 Å². The lowest BCUT2D eigenvalue weighted by Gasteiger charge is -2.24. The summed E-state index contributed by atoms with van der Waals surface area (Å²) in [4.78, 5) is 16.9. The van der Waals surface area contributed by atoms with Gasteiger partial charge in [0.1, 0.15) is 5.82 Å². The molecule has 24 heavy (non-hydrogen) atoms. The van der Waals surface area contributed by atoms with Gasteiger partial charge in [0, 0.05) is 7.05 Å². The molecule has 0 spiro atoms. The Morgan fingerprint density at radius 1 is 1.25 bits per heavy atom. The Morgan fingerprint density at radius 2 is 1.92 bits per heavy atom. The van der Waals surface area contributed by atoms with Crippen LogP contribution >= 0.6 is 0 Å². The molecule has 0 amide bonds. The van der Waals surface area contributed by atoms with Crippen LogP contribution in [0.4, 0.5) is 15.8 Å². The maximum Gasteiger partial charge on any atom is 0.337 e. The summed E-state index contributed by atoms with van der Waals surface area (Å²) >= 11 is 0. The van der Waals surface area contributed by atoms with E-state index in [0.717, 1.165) is 5.19 Å². The smallest absolute Gasteiger partial charge is 0.337 e. The molecule has 0 aliphatic rings. The number of benzene rings is 1. The zero-order valence-corrected chi connectivity index (χ0v) is 15.2. The minimum absolute atomic E-state index is 0.0368. The molecule has 0 saturated heterocycles. The maximum absolute atomic E-state index is 14.6. The monoisotopic (exact) mass is 348 g/mol. The zero-order valence-electron chi connectivity index (χ0n) is 14.2. The van der Waals surface area contributed by atoms with E-state index in [1.807, 2.05) is 6.07 Å². The van der Waals surface area contributed by atoms with Gasteiger partial charge >= 0.3 is 5.97 Å². The van der Waals surface area contributed by atoms with Crippen molar-refractivity contribution in [2.75, 3.05) is 11.9 Å². The summed E-state index contributed by atoms with van der Waals surface area (Å²) in [6.45, 7) is 6.03. The first-order valence-electron chi connectivity index (χ1n) is 7.52. The molecule has 1 aromatic carbocycles. The Hall–Kier alpha value is -2.25. The van der Waals surface area contributed by atoms with Crippen molar-refractivity contribution in [1.29, 1.82) is 0 Å². The second-order valence-electron chi connectivity index (χ2n) is 6.63. The van der Waals surface area contributed by atoms with Crippen molar-refractivity contribution >= 4 is 30.6 Å². The Morgan fingerprint density at radius 3 is 2.42 bits per heavy atom. The third-order valence-electron chi connectivity index (χ3n) is 3.87. The van der Waals surface area contributed by atoms with Gasteiger partial charge in [0.2, 0.25) is 0 Å². The first-order chi connectivity index (χ1) is 11.1. The number of nitrogens with zero attached hydrogens (tertiary/aromatic N) is 2. The van der Waals surface area contributed by atoms with Crippen molar-refractivity contribution in [3.63, 3.8) is 0 Å². The summed E-state index contributed by atoms with van der Waals surface area (Å²) in [5, 5.41) is 19.5. The van der Waals surface area contributed by atoms with Gasteiger partial charge in [-0.25, -0.2) is 9.18 Å². The molecule has 5 nitrogen and oxygen atoms in total. The van der Waals surface area contributed by atoms with Gasteiger partial charge in [-0.15, -0.1) is 0 Å². The SMILES string of the molecule is CN(c1ccc([Si](C)(C)C)cc1F)c1cnc(CO)cc1C(=O)O. The Kier molecular flexibility index (Phi) is 5.05. The van der Waals surface area contributed by atoms with Gasteiger partial charge in [-0.05, 0) is 18.2 Å². The second kappa shape index (κ2) is 6.70. The molecule has 0 atom stereocenters. The molecule has 0 radical (unpaired) electrons. The van der Waals surface area contributed by atoms with Gasteiger partial charge in [-0.3, -0.25) is 4.98 Å². The van der Waals surface area contributed by atoms with Crippen molar-refractivity contribution < 1.29 is 19.4 Å². The van der Waals surface area contributed by atoms with E-state index in [2.05, 4.69) is 24.6 Å². The number of pyridine rings is 1. The maximum atomic E-state index is 14.6. The summed E-state index contributed by atoms with van der Waals surface area (Å²) in [7, 11) is -0.0437. The summed E-state index contributed by atoms with van der Waals surface area (Å²) in [6.07, 6.45) is 1.33. The van der Waals surface area contributed by atoms with E-state index in [0.29, 0.717) is 0 Å². The highest BCUT2D eigenvalue weighted by atomic mass is 28.3. The number of carboxylic acid groups (broad SMARTS) is 1. The lowest BCUT2D eigenvalue weighted by Crippen LogP contribution is -2.37. The molecule has 128 valence electrons. The number of hydrogen-bond acceptors (Lipinski definition) is 4. The summed E-state index contributed by atoms with van der Waals surface area (Å²) < 4.78 is 14.6. The van der Waals surface area contributed by atoms with Crippen LogP contribution in [-0.4, -0.2) is 36.3 Å². The Bertz CT molecular complexity index is 775. The van der Waals surface area contributed by atoms with Crippen molar-refractivity contribution in [3.05, 3.63) is 47.5 Å². The molecule has 0 bridgehead atoms. The third kappa shape index (κ3) is 3.63. The number of aliphatic hydroxyl groups excluding tert-OH is 1. The fraction of sp³-hybridized carbons (Fsp3) is 0.294. The lowest BCUT2D eigenvalue weighted by atomic mass is 10.1. The normalized spacial score (nSPS) is 11.4. The third-order valence-corrected chi connectivity index (χ3v) is 5.91. The number of anilines is 2. The average Bonchev–Trinajstić information content (AvgIpc) is 2.52. The second-order valence-corrected chi connectivity index (χ2v) is 11.7. The van der Waals surface area contributed by atoms with Crippen LogP contribution in [0.1, 0.15) is 16.1 Å². The topological polar surface area (TPSA) is 73.7 Å². The number of carboxylic acids is 1. The van der Waals surface area contributed by atoms with Crippen LogP contribution in [-0.2, 0) is 6.61 Å². The number of aliphatic hydroxyl groups is 1. The Balaban J connectivity index is 2.49. The summed E-state index contributed by atoms with van der Waals surface area (Å²) in [5.74, 6) is -1.56. The fourth-order valence-electron chi connectivity index (χ4n) is 2.39. The Labute approximate surface area is 141 Å². The van der Waals surface area contributed by atoms with Gasteiger partial charge in [-0.2, -0.15) is 0 Å². The molecular formula is C17H21FN2O3Si. The van der Waals surface area contributed by atoms with E-state index in [1.54, 1.807) is 13.1 Å². The minimum atomic E-state index is -1.64. The van der Waals surface area contributed by atoms with Crippen LogP contribution in [0.2, 0.25) is 19.6 Å². The summed E-state index contributed by atoms with van der Waals surface area (Å²) in [6, 6.07) is 6.36. The predicted octanol–water partition coefficient (Wildman–Crippen LogP) is 2.72. The van der Waals surface area contributed by atoms with Crippen molar-refractivity contribution in [2.24, 2.45) is 0 Å². The molecule has 7 heteroatoms. The molecule has 2 N–H and O–H groups in total. The van der Waals surface area contributed by atoms with E-state index in [-0.39, 0.29) is 29.2 Å². The van der Waals surface area contributed by atoms with E-state index in [1.165, 1.54) is 23.2 Å². The largest absolute Gasteiger partial charge is 0.478 e. The molecule has 2 aromatic rings. The van der Waals surface area contributed by atoms with Crippen LogP contribution in [0.3, 0.4) is 0 Å². The number of carbonyl (C=O) groups is 1. The lowest BCUT2D eigenvalue weighted by molar-refractivity contribution is 0.0697. The molecule has 0 saturated carbocycles. The number of aromatic carboxylic acids is 1. The first-order valence-corrected chi connectivity index (χ1v) is 11.0. The minimum Gasteiger partial charge on any atom is -0.478 e. The van der Waals surface area contributed by atoms with Crippen molar-refractivity contribution in [2.45, 2.75) is 26.2 Å². The van der Waals surface area contributed by atoms with Crippen molar-refractivity contribution in [1.82, 2.24) is 4.98 Å². The van der Waals surface area contributed by atoms with Gasteiger partial charge in [0.15, 0.2) is 0 Å². The highest BCUT2D eigenvalue weighted by Crippen LogP contribution is 2.29. The molecule has 0 aliphatic heterocycles.